The fraction of sp³-hybridized carbons (Fsp3) is 0. The second-order valence-electron chi connectivity index (χ2n) is 13.1. The van der Waals surface area contributed by atoms with Gasteiger partial charge in [0.15, 0.2) is 23.1 Å². The number of aromatic nitrogens is 5. The van der Waals surface area contributed by atoms with Crippen LogP contribution in [0.3, 0.4) is 0 Å². The SMILES string of the molecule is c1ccc(-c2nc(-c3ccc4nc(-c5cccc(-n6c7ccccc7c7ccccc76)c5)oc4c3)nc(-c3ccc4oc5ccccc5c4c3)n2)cc1. The highest BCUT2D eigenvalue weighted by atomic mass is 16.3. The van der Waals surface area contributed by atoms with Crippen molar-refractivity contribution < 1.29 is 8.83 Å². The number of hydrogen-bond donors (Lipinski definition) is 0. The Balaban J connectivity index is 1.01. The van der Waals surface area contributed by atoms with Crippen LogP contribution in [0.1, 0.15) is 0 Å². The highest BCUT2D eigenvalue weighted by molar-refractivity contribution is 6.09. The van der Waals surface area contributed by atoms with Gasteiger partial charge in [-0.3, -0.25) is 0 Å². The standard InChI is InChI=1S/C46H27N5O2/c1-2-11-28(12-3-1)43-48-44(29-22-24-41-36(26-29)35-17-6-9-20-40(35)52-41)50-45(49-43)30-21-23-37-42(27-30)53-46(47-37)31-13-10-14-32(25-31)51-38-18-7-4-15-33(38)34-16-5-8-19-39(34)51/h1-27H. The third kappa shape index (κ3) is 4.82. The van der Waals surface area contributed by atoms with Crippen molar-refractivity contribution in [1.82, 2.24) is 24.5 Å². The molecule has 7 nitrogen and oxygen atoms in total. The number of para-hydroxylation sites is 3. The predicted octanol–water partition coefficient (Wildman–Crippen LogP) is 11.7. The van der Waals surface area contributed by atoms with Crippen LogP contribution >= 0.6 is 0 Å². The molecule has 0 spiro atoms. The zero-order valence-electron chi connectivity index (χ0n) is 28.1. The lowest BCUT2D eigenvalue weighted by molar-refractivity contribution is 0.620. The van der Waals surface area contributed by atoms with Crippen LogP contribution in [-0.2, 0) is 0 Å². The summed E-state index contributed by atoms with van der Waals surface area (Å²) >= 11 is 0. The Morgan fingerprint density at radius 1 is 0.358 bits per heavy atom. The summed E-state index contributed by atoms with van der Waals surface area (Å²) in [6.07, 6.45) is 0. The molecule has 4 heterocycles. The lowest BCUT2D eigenvalue weighted by atomic mass is 10.1. The summed E-state index contributed by atoms with van der Waals surface area (Å²) in [5.41, 5.74) is 9.86. The monoisotopic (exact) mass is 681 g/mol. The maximum Gasteiger partial charge on any atom is 0.227 e. The molecule has 11 rings (SSSR count). The number of hydrogen-bond acceptors (Lipinski definition) is 6. The normalized spacial score (nSPS) is 11.8. The summed E-state index contributed by atoms with van der Waals surface area (Å²) in [5.74, 6) is 2.24. The predicted molar refractivity (Wildman–Crippen MR) is 211 cm³/mol. The molecule has 53 heavy (non-hydrogen) atoms. The van der Waals surface area contributed by atoms with Gasteiger partial charge < -0.3 is 13.4 Å². The van der Waals surface area contributed by atoms with Crippen molar-refractivity contribution in [3.8, 4) is 51.3 Å². The quantitative estimate of drug-likeness (QED) is 0.180. The first kappa shape index (κ1) is 29.4. The van der Waals surface area contributed by atoms with E-state index >= 15 is 0 Å². The average molecular weight is 682 g/mol. The Morgan fingerprint density at radius 2 is 0.962 bits per heavy atom. The van der Waals surface area contributed by atoms with Crippen LogP contribution in [-0.4, -0.2) is 24.5 Å². The van der Waals surface area contributed by atoms with Crippen LogP contribution in [0.15, 0.2) is 173 Å². The van der Waals surface area contributed by atoms with Crippen LogP contribution in [0.5, 0.6) is 0 Å². The molecule has 0 N–H and O–H groups in total. The fourth-order valence-electron chi connectivity index (χ4n) is 7.38. The molecule has 0 radical (unpaired) electrons. The molecule has 0 aliphatic rings. The number of nitrogens with zero attached hydrogens (tertiary/aromatic N) is 5. The van der Waals surface area contributed by atoms with Gasteiger partial charge in [-0.15, -0.1) is 0 Å². The molecule has 11 aromatic rings. The van der Waals surface area contributed by atoms with E-state index < -0.39 is 0 Å². The van der Waals surface area contributed by atoms with Gasteiger partial charge in [0.25, 0.3) is 0 Å². The first-order valence-corrected chi connectivity index (χ1v) is 17.5. The van der Waals surface area contributed by atoms with Gasteiger partial charge in [-0.2, -0.15) is 0 Å². The lowest BCUT2D eigenvalue weighted by Gasteiger charge is -2.09. The second-order valence-corrected chi connectivity index (χ2v) is 13.1. The Bertz CT molecular complexity index is 3140. The molecule has 0 fully saturated rings. The molecule has 248 valence electrons. The first-order chi connectivity index (χ1) is 26.2. The van der Waals surface area contributed by atoms with E-state index in [2.05, 4.69) is 83.4 Å². The van der Waals surface area contributed by atoms with E-state index in [1.54, 1.807) is 0 Å². The van der Waals surface area contributed by atoms with Crippen molar-refractivity contribution in [2.45, 2.75) is 0 Å². The Kier molecular flexibility index (Phi) is 6.42. The van der Waals surface area contributed by atoms with Crippen LogP contribution in [0.25, 0.3) is 106 Å². The van der Waals surface area contributed by atoms with Gasteiger partial charge in [0.1, 0.15) is 16.7 Å². The van der Waals surface area contributed by atoms with Crippen LogP contribution in [0.4, 0.5) is 0 Å². The van der Waals surface area contributed by atoms with Crippen LogP contribution in [0.2, 0.25) is 0 Å². The topological polar surface area (TPSA) is 82.8 Å². The minimum absolute atomic E-state index is 0.541. The van der Waals surface area contributed by atoms with Crippen molar-refractivity contribution >= 4 is 54.8 Å². The minimum Gasteiger partial charge on any atom is -0.456 e. The van der Waals surface area contributed by atoms with E-state index in [1.807, 2.05) is 84.9 Å². The van der Waals surface area contributed by atoms with E-state index in [9.17, 15) is 0 Å². The maximum atomic E-state index is 6.47. The van der Waals surface area contributed by atoms with E-state index in [0.717, 1.165) is 66.4 Å². The van der Waals surface area contributed by atoms with Gasteiger partial charge in [-0.25, -0.2) is 19.9 Å². The fourth-order valence-corrected chi connectivity index (χ4v) is 7.38. The molecular weight excluding hydrogens is 655 g/mol. The smallest absolute Gasteiger partial charge is 0.227 e. The molecule has 7 heteroatoms. The molecule has 0 aliphatic carbocycles. The zero-order chi connectivity index (χ0) is 34.9. The molecule has 0 unspecified atom stereocenters. The Morgan fingerprint density at radius 3 is 1.74 bits per heavy atom. The summed E-state index contributed by atoms with van der Waals surface area (Å²) in [5, 5.41) is 4.50. The molecule has 0 aliphatic heterocycles. The van der Waals surface area contributed by atoms with Gasteiger partial charge in [-0.05, 0) is 72.8 Å². The molecule has 0 atom stereocenters. The van der Waals surface area contributed by atoms with Gasteiger partial charge >= 0.3 is 0 Å². The second kappa shape index (κ2) is 11.6. The highest BCUT2D eigenvalue weighted by Crippen LogP contribution is 2.36. The molecule has 4 aromatic heterocycles. The lowest BCUT2D eigenvalue weighted by Crippen LogP contribution is -2.00. The van der Waals surface area contributed by atoms with E-state index in [1.165, 1.54) is 10.8 Å². The van der Waals surface area contributed by atoms with Gasteiger partial charge in [0.2, 0.25) is 5.89 Å². The zero-order valence-corrected chi connectivity index (χ0v) is 28.1. The number of fused-ring (bicyclic) bond motifs is 7. The Labute approximate surface area is 302 Å². The summed E-state index contributed by atoms with van der Waals surface area (Å²) < 4.78 is 14.9. The summed E-state index contributed by atoms with van der Waals surface area (Å²) in [4.78, 5) is 19.8. The summed E-state index contributed by atoms with van der Waals surface area (Å²) in [6, 6.07) is 55.4. The molecule has 0 saturated heterocycles. The van der Waals surface area contributed by atoms with E-state index in [0.29, 0.717) is 28.9 Å². The van der Waals surface area contributed by atoms with Crippen molar-refractivity contribution in [2.24, 2.45) is 0 Å². The van der Waals surface area contributed by atoms with E-state index in [4.69, 9.17) is 28.8 Å². The molecule has 0 saturated carbocycles. The highest BCUT2D eigenvalue weighted by Gasteiger charge is 2.18. The van der Waals surface area contributed by atoms with Crippen molar-refractivity contribution in [1.29, 1.82) is 0 Å². The number of oxazole rings is 1. The van der Waals surface area contributed by atoms with Gasteiger partial charge in [0, 0.05) is 49.5 Å². The van der Waals surface area contributed by atoms with Gasteiger partial charge in [-0.1, -0.05) is 91.0 Å². The molecule has 0 bridgehead atoms. The number of rotatable bonds is 5. The average Bonchev–Trinajstić information content (AvgIpc) is 3.92. The first-order valence-electron chi connectivity index (χ1n) is 17.5. The third-order valence-corrected chi connectivity index (χ3v) is 9.88. The van der Waals surface area contributed by atoms with E-state index in [-0.39, 0.29) is 0 Å². The number of benzene rings is 7. The maximum absolute atomic E-state index is 6.47. The van der Waals surface area contributed by atoms with Crippen LogP contribution < -0.4 is 0 Å². The summed E-state index contributed by atoms with van der Waals surface area (Å²) in [7, 11) is 0. The molecule has 7 aromatic carbocycles. The largest absolute Gasteiger partial charge is 0.456 e. The number of furan rings is 1. The van der Waals surface area contributed by atoms with Crippen LogP contribution in [0, 0.1) is 0 Å². The molecule has 0 amide bonds. The van der Waals surface area contributed by atoms with Gasteiger partial charge in [0.05, 0.1) is 11.0 Å². The van der Waals surface area contributed by atoms with Crippen molar-refractivity contribution in [3.05, 3.63) is 164 Å². The third-order valence-electron chi connectivity index (χ3n) is 9.88. The summed E-state index contributed by atoms with van der Waals surface area (Å²) in [6.45, 7) is 0. The van der Waals surface area contributed by atoms with Crippen molar-refractivity contribution in [3.63, 3.8) is 0 Å². The molecular formula is C46H27N5O2. The Hall–Kier alpha value is -7.38. The van der Waals surface area contributed by atoms with Crippen molar-refractivity contribution in [2.75, 3.05) is 0 Å². The minimum atomic E-state index is 0.541.